The topological polar surface area (TPSA) is 46.9 Å². The average molecular weight is 360 g/mol. The standard InChI is InChI=1S/C18H12ClF2N3O/c19-13-5-1-2-7-15(13)24-18-12(9-22-24)11(8-16(25)23-18)10-4-3-6-14(20)17(10)21/h1-7,9,11H,8H2,(H,23,25). The Labute approximate surface area is 147 Å². The zero-order valence-electron chi connectivity index (χ0n) is 12.8. The minimum absolute atomic E-state index is 0.0155. The van der Waals surface area contributed by atoms with Crippen LogP contribution in [0.3, 0.4) is 0 Å². The highest BCUT2D eigenvalue weighted by Gasteiger charge is 2.32. The van der Waals surface area contributed by atoms with Crippen LogP contribution in [-0.4, -0.2) is 15.7 Å². The Bertz CT molecular complexity index is 986. The molecule has 1 unspecified atom stereocenters. The van der Waals surface area contributed by atoms with Gasteiger partial charge >= 0.3 is 0 Å². The van der Waals surface area contributed by atoms with Gasteiger partial charge in [-0.25, -0.2) is 13.5 Å². The van der Waals surface area contributed by atoms with Gasteiger partial charge in [-0.1, -0.05) is 35.9 Å². The lowest BCUT2D eigenvalue weighted by molar-refractivity contribution is -0.116. The van der Waals surface area contributed by atoms with Crippen LogP contribution in [-0.2, 0) is 4.79 Å². The van der Waals surface area contributed by atoms with E-state index in [1.54, 1.807) is 30.5 Å². The molecule has 0 aliphatic carbocycles. The third-order valence-electron chi connectivity index (χ3n) is 4.26. The lowest BCUT2D eigenvalue weighted by Gasteiger charge is -2.24. The van der Waals surface area contributed by atoms with E-state index in [2.05, 4.69) is 10.4 Å². The lowest BCUT2D eigenvalue weighted by Crippen LogP contribution is -2.25. The summed E-state index contributed by atoms with van der Waals surface area (Å²) in [7, 11) is 0. The normalized spacial score (nSPS) is 16.4. The minimum Gasteiger partial charge on any atom is -0.310 e. The van der Waals surface area contributed by atoms with Crippen LogP contribution < -0.4 is 5.32 Å². The molecule has 1 aromatic heterocycles. The van der Waals surface area contributed by atoms with E-state index in [0.717, 1.165) is 6.07 Å². The van der Waals surface area contributed by atoms with Crippen LogP contribution in [0.5, 0.6) is 0 Å². The van der Waals surface area contributed by atoms with Crippen molar-refractivity contribution in [3.8, 4) is 5.69 Å². The molecule has 2 aromatic carbocycles. The molecule has 1 aliphatic heterocycles. The molecule has 1 aliphatic rings. The quantitative estimate of drug-likeness (QED) is 0.742. The van der Waals surface area contributed by atoms with Crippen LogP contribution in [0.1, 0.15) is 23.5 Å². The van der Waals surface area contributed by atoms with Crippen molar-refractivity contribution in [1.82, 2.24) is 9.78 Å². The Morgan fingerprint density at radius 2 is 1.92 bits per heavy atom. The molecule has 3 aromatic rings. The van der Waals surface area contributed by atoms with Crippen molar-refractivity contribution in [2.24, 2.45) is 0 Å². The van der Waals surface area contributed by atoms with Crippen molar-refractivity contribution in [1.29, 1.82) is 0 Å². The van der Waals surface area contributed by atoms with Crippen molar-refractivity contribution in [3.05, 3.63) is 76.4 Å². The Balaban J connectivity index is 1.88. The predicted molar refractivity (Wildman–Crippen MR) is 90.0 cm³/mol. The number of anilines is 1. The van der Waals surface area contributed by atoms with Crippen molar-refractivity contribution >= 4 is 23.3 Å². The number of amides is 1. The van der Waals surface area contributed by atoms with Crippen molar-refractivity contribution in [2.45, 2.75) is 12.3 Å². The van der Waals surface area contributed by atoms with Crippen molar-refractivity contribution < 1.29 is 13.6 Å². The molecule has 0 saturated carbocycles. The molecular formula is C18H12ClF2N3O. The first-order valence-electron chi connectivity index (χ1n) is 7.63. The molecule has 1 amide bonds. The highest BCUT2D eigenvalue weighted by Crippen LogP contribution is 2.39. The van der Waals surface area contributed by atoms with E-state index in [9.17, 15) is 13.6 Å². The molecule has 0 saturated heterocycles. The van der Waals surface area contributed by atoms with Crippen molar-refractivity contribution in [2.75, 3.05) is 5.32 Å². The van der Waals surface area contributed by atoms with Crippen LogP contribution in [0, 0.1) is 11.6 Å². The maximum atomic E-state index is 14.2. The lowest BCUT2D eigenvalue weighted by atomic mass is 9.87. The van der Waals surface area contributed by atoms with Gasteiger partial charge in [-0.3, -0.25) is 4.79 Å². The Morgan fingerprint density at radius 3 is 2.72 bits per heavy atom. The number of carbonyl (C=O) groups excluding carboxylic acids is 1. The minimum atomic E-state index is -0.946. The molecular weight excluding hydrogens is 348 g/mol. The van der Waals surface area contributed by atoms with Gasteiger partial charge in [-0.05, 0) is 23.8 Å². The highest BCUT2D eigenvalue weighted by atomic mass is 35.5. The number of hydrogen-bond acceptors (Lipinski definition) is 2. The van der Waals surface area contributed by atoms with Gasteiger partial charge in [0, 0.05) is 17.9 Å². The molecule has 4 rings (SSSR count). The second kappa shape index (κ2) is 5.97. The number of nitrogens with one attached hydrogen (secondary N) is 1. The number of aromatic nitrogens is 2. The largest absolute Gasteiger partial charge is 0.310 e. The summed E-state index contributed by atoms with van der Waals surface area (Å²) in [5.41, 5.74) is 1.34. The van der Waals surface area contributed by atoms with Gasteiger partial charge < -0.3 is 5.32 Å². The first kappa shape index (κ1) is 15.8. The first-order chi connectivity index (χ1) is 12.1. The number of benzene rings is 2. The van der Waals surface area contributed by atoms with Gasteiger partial charge in [0.25, 0.3) is 0 Å². The number of halogens is 3. The van der Waals surface area contributed by atoms with E-state index in [1.165, 1.54) is 16.8 Å². The van der Waals surface area contributed by atoms with E-state index in [4.69, 9.17) is 11.6 Å². The third-order valence-corrected chi connectivity index (χ3v) is 4.58. The maximum absolute atomic E-state index is 14.2. The summed E-state index contributed by atoms with van der Waals surface area (Å²) in [6, 6.07) is 11.0. The second-order valence-corrected chi connectivity index (χ2v) is 6.17. The maximum Gasteiger partial charge on any atom is 0.226 e. The number of hydrogen-bond donors (Lipinski definition) is 1. The van der Waals surface area contributed by atoms with Crippen LogP contribution >= 0.6 is 11.6 Å². The monoisotopic (exact) mass is 359 g/mol. The average Bonchev–Trinajstić information content (AvgIpc) is 3.01. The number of carbonyl (C=O) groups is 1. The van der Waals surface area contributed by atoms with Crippen molar-refractivity contribution in [3.63, 3.8) is 0 Å². The van der Waals surface area contributed by atoms with Crippen LogP contribution in [0.15, 0.2) is 48.7 Å². The zero-order valence-corrected chi connectivity index (χ0v) is 13.6. The number of rotatable bonds is 2. The van der Waals surface area contributed by atoms with Gasteiger partial charge in [0.1, 0.15) is 5.82 Å². The van der Waals surface area contributed by atoms with Crippen LogP contribution in [0.4, 0.5) is 14.6 Å². The SMILES string of the molecule is O=C1CC(c2cccc(F)c2F)c2cnn(-c3ccccc3Cl)c2N1. The summed E-state index contributed by atoms with van der Waals surface area (Å²) in [6.45, 7) is 0. The first-order valence-corrected chi connectivity index (χ1v) is 8.00. The van der Waals surface area contributed by atoms with E-state index in [-0.39, 0.29) is 17.9 Å². The van der Waals surface area contributed by atoms with Crippen LogP contribution in [0.25, 0.3) is 5.69 Å². The molecule has 0 radical (unpaired) electrons. The van der Waals surface area contributed by atoms with Crippen LogP contribution in [0.2, 0.25) is 5.02 Å². The van der Waals surface area contributed by atoms with E-state index in [0.29, 0.717) is 22.1 Å². The molecule has 0 bridgehead atoms. The molecule has 25 heavy (non-hydrogen) atoms. The van der Waals surface area contributed by atoms with E-state index in [1.807, 2.05) is 0 Å². The van der Waals surface area contributed by atoms with Gasteiger partial charge in [0.2, 0.25) is 5.91 Å². The van der Waals surface area contributed by atoms with E-state index < -0.39 is 17.6 Å². The fourth-order valence-electron chi connectivity index (χ4n) is 3.09. The molecule has 7 heteroatoms. The highest BCUT2D eigenvalue weighted by molar-refractivity contribution is 6.32. The Hall–Kier alpha value is -2.73. The summed E-state index contributed by atoms with van der Waals surface area (Å²) >= 11 is 6.21. The van der Waals surface area contributed by atoms with E-state index >= 15 is 0 Å². The predicted octanol–water partition coefficient (Wildman–Crippen LogP) is 4.28. The third kappa shape index (κ3) is 2.59. The number of para-hydroxylation sites is 1. The summed E-state index contributed by atoms with van der Waals surface area (Å²) in [6.07, 6.45) is 1.56. The molecule has 1 atom stereocenters. The number of nitrogens with zero attached hydrogens (tertiary/aromatic N) is 2. The molecule has 4 nitrogen and oxygen atoms in total. The fourth-order valence-corrected chi connectivity index (χ4v) is 3.31. The van der Waals surface area contributed by atoms with Gasteiger partial charge in [0.15, 0.2) is 11.6 Å². The molecule has 126 valence electrons. The molecule has 0 spiro atoms. The smallest absolute Gasteiger partial charge is 0.226 e. The molecule has 0 fully saturated rings. The Kier molecular flexibility index (Phi) is 3.77. The summed E-state index contributed by atoms with van der Waals surface area (Å²) in [5, 5.41) is 7.51. The summed E-state index contributed by atoms with van der Waals surface area (Å²) in [4.78, 5) is 12.2. The summed E-state index contributed by atoms with van der Waals surface area (Å²) in [5.74, 6) is -2.38. The molecule has 2 heterocycles. The number of fused-ring (bicyclic) bond motifs is 1. The molecule has 1 N–H and O–H groups in total. The Morgan fingerprint density at radius 1 is 1.12 bits per heavy atom. The second-order valence-electron chi connectivity index (χ2n) is 5.76. The zero-order chi connectivity index (χ0) is 17.6. The van der Waals surface area contributed by atoms with Gasteiger partial charge in [-0.2, -0.15) is 5.10 Å². The van der Waals surface area contributed by atoms with Gasteiger partial charge in [0.05, 0.1) is 16.9 Å². The van der Waals surface area contributed by atoms with Gasteiger partial charge in [-0.15, -0.1) is 0 Å². The fraction of sp³-hybridized carbons (Fsp3) is 0.111. The summed E-state index contributed by atoms with van der Waals surface area (Å²) < 4.78 is 29.4.